The topological polar surface area (TPSA) is 91.1 Å². The minimum absolute atomic E-state index is 0.111. The average molecular weight is 273 g/mol. The normalized spacial score (nSPS) is 22.2. The summed E-state index contributed by atoms with van der Waals surface area (Å²) in [5.41, 5.74) is 7.86. The molecule has 1 saturated carbocycles. The van der Waals surface area contributed by atoms with Crippen molar-refractivity contribution >= 4 is 22.5 Å². The van der Waals surface area contributed by atoms with E-state index in [-0.39, 0.29) is 17.9 Å². The van der Waals surface area contributed by atoms with Crippen LogP contribution in [-0.2, 0) is 0 Å². The van der Waals surface area contributed by atoms with Gasteiger partial charge in [-0.05, 0) is 31.0 Å². The number of nitrogens with two attached hydrogens (primary N) is 1. The predicted octanol–water partition coefficient (Wildman–Crippen LogP) is 1.64. The second kappa shape index (κ2) is 5.17. The van der Waals surface area contributed by atoms with Crippen LogP contribution in [0.5, 0.6) is 0 Å². The number of aliphatic hydroxyl groups excluding tert-OH is 1. The highest BCUT2D eigenvalue weighted by Gasteiger charge is 2.25. The lowest BCUT2D eigenvalue weighted by molar-refractivity contribution is 0.0918. The lowest BCUT2D eigenvalue weighted by Gasteiger charge is -2.14. The Bertz CT molecular complexity index is 635. The van der Waals surface area contributed by atoms with Crippen molar-refractivity contribution < 1.29 is 9.90 Å². The SMILES string of the molecule is Nc1ccc2c(C(=O)NCC3CCCC3O)c[nH]c2c1. The van der Waals surface area contributed by atoms with Gasteiger partial charge in [0.1, 0.15) is 0 Å². The van der Waals surface area contributed by atoms with Gasteiger partial charge in [-0.2, -0.15) is 0 Å². The molecule has 3 rings (SSSR count). The Hall–Kier alpha value is -2.01. The van der Waals surface area contributed by atoms with Crippen LogP contribution in [0.1, 0.15) is 29.6 Å². The molecule has 1 aliphatic carbocycles. The summed E-state index contributed by atoms with van der Waals surface area (Å²) in [7, 11) is 0. The van der Waals surface area contributed by atoms with Crippen LogP contribution in [0.15, 0.2) is 24.4 Å². The summed E-state index contributed by atoms with van der Waals surface area (Å²) in [6.45, 7) is 0.529. The molecule has 5 heteroatoms. The molecule has 0 aliphatic heterocycles. The van der Waals surface area contributed by atoms with E-state index in [1.54, 1.807) is 12.3 Å². The van der Waals surface area contributed by atoms with E-state index in [9.17, 15) is 9.90 Å². The summed E-state index contributed by atoms with van der Waals surface area (Å²) in [4.78, 5) is 15.3. The molecule has 1 aliphatic rings. The van der Waals surface area contributed by atoms with Gasteiger partial charge in [-0.15, -0.1) is 0 Å². The predicted molar refractivity (Wildman–Crippen MR) is 78.4 cm³/mol. The number of rotatable bonds is 3. The molecule has 1 aromatic carbocycles. The number of anilines is 1. The minimum atomic E-state index is -0.280. The van der Waals surface area contributed by atoms with Crippen molar-refractivity contribution in [3.63, 3.8) is 0 Å². The zero-order chi connectivity index (χ0) is 14.1. The highest BCUT2D eigenvalue weighted by Crippen LogP contribution is 2.25. The lowest BCUT2D eigenvalue weighted by Crippen LogP contribution is -2.32. The number of nitrogens with one attached hydrogen (secondary N) is 2. The molecule has 0 bridgehead atoms. The largest absolute Gasteiger partial charge is 0.399 e. The lowest BCUT2D eigenvalue weighted by atomic mass is 10.1. The molecule has 2 aromatic rings. The second-order valence-corrected chi connectivity index (χ2v) is 5.48. The van der Waals surface area contributed by atoms with Crippen molar-refractivity contribution in [1.29, 1.82) is 0 Å². The van der Waals surface area contributed by atoms with Crippen LogP contribution < -0.4 is 11.1 Å². The summed E-state index contributed by atoms with van der Waals surface area (Å²) in [6, 6.07) is 5.45. The number of hydrogen-bond donors (Lipinski definition) is 4. The molecule has 5 nitrogen and oxygen atoms in total. The van der Waals surface area contributed by atoms with Crippen LogP contribution >= 0.6 is 0 Å². The summed E-state index contributed by atoms with van der Waals surface area (Å²) in [5.74, 6) is 0.0694. The van der Waals surface area contributed by atoms with Crippen LogP contribution in [0.4, 0.5) is 5.69 Å². The van der Waals surface area contributed by atoms with Gasteiger partial charge < -0.3 is 21.1 Å². The number of H-pyrrole nitrogens is 1. The third kappa shape index (κ3) is 2.36. The van der Waals surface area contributed by atoms with E-state index in [1.807, 2.05) is 12.1 Å². The maximum absolute atomic E-state index is 12.2. The Morgan fingerprint density at radius 1 is 1.45 bits per heavy atom. The number of aliphatic hydroxyl groups is 1. The second-order valence-electron chi connectivity index (χ2n) is 5.48. The molecular formula is C15H19N3O2. The highest BCUT2D eigenvalue weighted by atomic mass is 16.3. The highest BCUT2D eigenvalue weighted by molar-refractivity contribution is 6.07. The number of carbonyl (C=O) groups excluding carboxylic acids is 1. The molecule has 20 heavy (non-hydrogen) atoms. The van der Waals surface area contributed by atoms with Gasteiger partial charge in [-0.1, -0.05) is 6.42 Å². The van der Waals surface area contributed by atoms with Gasteiger partial charge in [-0.3, -0.25) is 4.79 Å². The summed E-state index contributed by atoms with van der Waals surface area (Å²) >= 11 is 0. The van der Waals surface area contributed by atoms with Crippen LogP contribution in [0, 0.1) is 5.92 Å². The number of amides is 1. The van der Waals surface area contributed by atoms with Crippen molar-refractivity contribution in [3.05, 3.63) is 30.0 Å². The Balaban J connectivity index is 1.72. The number of aromatic amines is 1. The third-order valence-corrected chi connectivity index (χ3v) is 4.09. The zero-order valence-corrected chi connectivity index (χ0v) is 11.2. The first-order valence-electron chi connectivity index (χ1n) is 6.98. The Morgan fingerprint density at radius 2 is 2.30 bits per heavy atom. The molecular weight excluding hydrogens is 254 g/mol. The maximum Gasteiger partial charge on any atom is 0.253 e. The van der Waals surface area contributed by atoms with Gasteiger partial charge in [0.25, 0.3) is 5.91 Å². The Labute approximate surface area is 117 Å². The van der Waals surface area contributed by atoms with Gasteiger partial charge in [0, 0.05) is 35.2 Å². The van der Waals surface area contributed by atoms with E-state index in [1.165, 1.54) is 0 Å². The van der Waals surface area contributed by atoms with Gasteiger partial charge in [0.2, 0.25) is 0 Å². The van der Waals surface area contributed by atoms with Crippen molar-refractivity contribution in [1.82, 2.24) is 10.3 Å². The average Bonchev–Trinajstić information content (AvgIpc) is 3.02. The van der Waals surface area contributed by atoms with Gasteiger partial charge >= 0.3 is 0 Å². The molecule has 0 spiro atoms. The number of benzene rings is 1. The molecule has 1 heterocycles. The summed E-state index contributed by atoms with van der Waals surface area (Å²) in [5, 5.41) is 13.5. The molecule has 1 amide bonds. The van der Waals surface area contributed by atoms with Crippen molar-refractivity contribution in [3.8, 4) is 0 Å². The fourth-order valence-corrected chi connectivity index (χ4v) is 2.91. The number of hydrogen-bond acceptors (Lipinski definition) is 3. The minimum Gasteiger partial charge on any atom is -0.399 e. The Kier molecular flexibility index (Phi) is 3.36. The molecule has 106 valence electrons. The number of fused-ring (bicyclic) bond motifs is 1. The first-order valence-corrected chi connectivity index (χ1v) is 6.98. The van der Waals surface area contributed by atoms with Crippen molar-refractivity contribution in [2.75, 3.05) is 12.3 Å². The summed E-state index contributed by atoms with van der Waals surface area (Å²) < 4.78 is 0. The van der Waals surface area contributed by atoms with Crippen LogP contribution in [0.3, 0.4) is 0 Å². The van der Waals surface area contributed by atoms with E-state index >= 15 is 0 Å². The molecule has 0 radical (unpaired) electrons. The van der Waals surface area contributed by atoms with E-state index in [4.69, 9.17) is 5.73 Å². The molecule has 1 fully saturated rings. The Morgan fingerprint density at radius 3 is 3.05 bits per heavy atom. The maximum atomic E-state index is 12.2. The van der Waals surface area contributed by atoms with Crippen molar-refractivity contribution in [2.45, 2.75) is 25.4 Å². The van der Waals surface area contributed by atoms with E-state index < -0.39 is 0 Å². The smallest absolute Gasteiger partial charge is 0.253 e. The fourth-order valence-electron chi connectivity index (χ4n) is 2.91. The van der Waals surface area contributed by atoms with Gasteiger partial charge in [0.05, 0.1) is 11.7 Å². The number of nitrogen functional groups attached to an aromatic ring is 1. The third-order valence-electron chi connectivity index (χ3n) is 4.09. The number of aromatic nitrogens is 1. The molecule has 2 unspecified atom stereocenters. The quantitative estimate of drug-likeness (QED) is 0.641. The number of carbonyl (C=O) groups is 1. The van der Waals surface area contributed by atoms with Gasteiger partial charge in [0.15, 0.2) is 0 Å². The zero-order valence-electron chi connectivity index (χ0n) is 11.2. The van der Waals surface area contributed by atoms with Crippen LogP contribution in [0.2, 0.25) is 0 Å². The van der Waals surface area contributed by atoms with E-state index in [2.05, 4.69) is 10.3 Å². The molecule has 1 aromatic heterocycles. The monoisotopic (exact) mass is 273 g/mol. The van der Waals surface area contributed by atoms with Crippen LogP contribution in [0.25, 0.3) is 10.9 Å². The molecule has 5 N–H and O–H groups in total. The fraction of sp³-hybridized carbons (Fsp3) is 0.400. The summed E-state index contributed by atoms with van der Waals surface area (Å²) in [6.07, 6.45) is 4.27. The molecule has 2 atom stereocenters. The van der Waals surface area contributed by atoms with Gasteiger partial charge in [-0.25, -0.2) is 0 Å². The van der Waals surface area contributed by atoms with Crippen molar-refractivity contribution in [2.24, 2.45) is 5.92 Å². The molecule has 0 saturated heterocycles. The first-order chi connectivity index (χ1) is 9.65. The standard InChI is InChI=1S/C15H19N3O2/c16-10-4-5-11-12(8-17-13(11)6-10)15(20)18-7-9-2-1-3-14(9)19/h4-6,8-9,14,17,19H,1-3,7,16H2,(H,18,20). The van der Waals surface area contributed by atoms with E-state index in [0.29, 0.717) is 17.8 Å². The van der Waals surface area contributed by atoms with Crippen LogP contribution in [-0.4, -0.2) is 28.6 Å². The van der Waals surface area contributed by atoms with E-state index in [0.717, 1.165) is 30.2 Å². The first kappa shape index (κ1) is 13.0.